The molecule has 5 aromatic rings. The van der Waals surface area contributed by atoms with Crippen LogP contribution in [-0.2, 0) is 45.1 Å². The number of carbonyl (C=O) groups is 4. The first-order valence-corrected chi connectivity index (χ1v) is 21.2. The second kappa shape index (κ2) is 18.8. The maximum Gasteiger partial charge on any atom is 0.411 e. The Kier molecular flexibility index (Phi) is 12.9. The number of halogens is 2. The van der Waals surface area contributed by atoms with Crippen LogP contribution < -0.4 is 20.1 Å². The van der Waals surface area contributed by atoms with Gasteiger partial charge in [0.25, 0.3) is 5.91 Å². The van der Waals surface area contributed by atoms with Gasteiger partial charge in [-0.05, 0) is 108 Å². The topological polar surface area (TPSA) is 188 Å². The number of anilines is 1. The maximum absolute atomic E-state index is 14.2. The molecule has 0 saturated heterocycles. The van der Waals surface area contributed by atoms with E-state index < -0.39 is 54.3 Å². The molecule has 0 aromatic heterocycles. The van der Waals surface area contributed by atoms with Crippen molar-refractivity contribution in [3.05, 3.63) is 147 Å². The van der Waals surface area contributed by atoms with Gasteiger partial charge in [-0.3, -0.25) is 14.5 Å². The Morgan fingerprint density at radius 1 is 0.873 bits per heavy atom. The highest BCUT2D eigenvalue weighted by Crippen LogP contribution is 2.40. The number of amides is 3. The van der Waals surface area contributed by atoms with Crippen LogP contribution in [0.2, 0.25) is 10.0 Å². The van der Waals surface area contributed by atoms with Crippen LogP contribution in [-0.4, -0.2) is 63.3 Å². The van der Waals surface area contributed by atoms with Crippen molar-refractivity contribution in [2.24, 2.45) is 0 Å². The number of benzene rings is 5. The Hall–Kier alpha value is -6.59. The first-order chi connectivity index (χ1) is 30.4. The predicted octanol–water partition coefficient (Wildman–Crippen LogP) is 8.16. The minimum Gasteiger partial charge on any atom is -0.489 e. The summed E-state index contributed by atoms with van der Waals surface area (Å²) in [6.45, 7) is 0.194. The highest BCUT2D eigenvalue weighted by molar-refractivity contribution is 6.42. The van der Waals surface area contributed by atoms with Crippen molar-refractivity contribution in [3.63, 3.8) is 0 Å². The Balaban J connectivity index is 0.983. The van der Waals surface area contributed by atoms with Gasteiger partial charge in [-0.25, -0.2) is 9.59 Å². The molecule has 2 heterocycles. The van der Waals surface area contributed by atoms with Gasteiger partial charge in [0.15, 0.2) is 0 Å². The highest BCUT2D eigenvalue weighted by atomic mass is 35.5. The van der Waals surface area contributed by atoms with E-state index in [1.54, 1.807) is 72.8 Å². The van der Waals surface area contributed by atoms with Crippen LogP contribution >= 0.6 is 23.2 Å². The van der Waals surface area contributed by atoms with E-state index in [0.717, 1.165) is 16.7 Å². The van der Waals surface area contributed by atoms with Crippen molar-refractivity contribution < 1.29 is 43.6 Å². The lowest BCUT2D eigenvalue weighted by atomic mass is 9.91. The summed E-state index contributed by atoms with van der Waals surface area (Å²) in [7, 11) is 0. The van der Waals surface area contributed by atoms with Crippen LogP contribution in [0.3, 0.4) is 0 Å². The van der Waals surface area contributed by atoms with Gasteiger partial charge in [-0.15, -0.1) is 0 Å². The number of hydrogen-bond acceptors (Lipinski definition) is 9. The summed E-state index contributed by atoms with van der Waals surface area (Å²) in [6.07, 6.45) is -0.806. The van der Waals surface area contributed by atoms with Crippen molar-refractivity contribution >= 4 is 52.8 Å². The fourth-order valence-corrected chi connectivity index (χ4v) is 8.34. The molecule has 0 bridgehead atoms. The third-order valence-corrected chi connectivity index (χ3v) is 12.3. The first-order valence-electron chi connectivity index (χ1n) is 20.5. The van der Waals surface area contributed by atoms with Crippen LogP contribution in [0.1, 0.15) is 65.2 Å². The van der Waals surface area contributed by atoms with Crippen LogP contribution in [0.5, 0.6) is 11.5 Å². The Bertz CT molecular complexity index is 2570. The standard InChI is InChI=1S/C48H42Cl2N4O9/c49-38-18-5-29(19-39(38)50)26-61-36-14-10-32(11-15-36)44-46(57)52-40-21-33-22-42(54(25-34(33)23-43(40)63-44)48(60)62-37-16-12-35(55)13-17-37)45(56)53-41(47(58)59)20-27-1-6-30(7-2-27)31-8-3-28(24-51)4-9-31/h1-11,14-15,18-19,21,23,35,37,41-42,44,55H,12-13,16-17,20,22,25-26H2,(H,52,57)(H,53,56)(H,58,59)/t35?,37?,41-,42?,44-/m0/s1. The Labute approximate surface area is 373 Å². The number of nitrogens with one attached hydrogen (secondary N) is 2. The third-order valence-electron chi connectivity index (χ3n) is 11.5. The van der Waals surface area contributed by atoms with E-state index in [9.17, 15) is 29.4 Å². The zero-order chi connectivity index (χ0) is 44.2. The first kappa shape index (κ1) is 43.1. The molecule has 13 nitrogen and oxygen atoms in total. The van der Waals surface area contributed by atoms with E-state index in [1.807, 2.05) is 30.3 Å². The molecule has 63 heavy (non-hydrogen) atoms. The number of nitrogens with zero attached hydrogens (tertiary/aromatic N) is 2. The summed E-state index contributed by atoms with van der Waals surface area (Å²) < 4.78 is 18.1. The molecule has 4 N–H and O–H groups in total. The predicted molar refractivity (Wildman–Crippen MR) is 233 cm³/mol. The molecule has 5 aromatic carbocycles. The second-order valence-electron chi connectivity index (χ2n) is 15.9. The molecule has 0 radical (unpaired) electrons. The number of carboxylic acid groups (broad SMARTS) is 1. The molecule has 1 fully saturated rings. The van der Waals surface area contributed by atoms with E-state index in [-0.39, 0.29) is 26.0 Å². The van der Waals surface area contributed by atoms with Crippen LogP contribution in [0.4, 0.5) is 10.5 Å². The molecule has 3 amide bonds. The number of ether oxygens (including phenoxy) is 3. The number of fused-ring (bicyclic) bond motifs is 2. The smallest absolute Gasteiger partial charge is 0.411 e. The molecule has 8 rings (SSSR count). The molecule has 3 aliphatic rings. The normalized spacial score (nSPS) is 19.5. The van der Waals surface area contributed by atoms with Gasteiger partial charge >= 0.3 is 12.1 Å². The van der Waals surface area contributed by atoms with E-state index >= 15 is 0 Å². The van der Waals surface area contributed by atoms with Gasteiger partial charge in [0.1, 0.15) is 36.3 Å². The molecule has 1 saturated carbocycles. The molecular weight excluding hydrogens is 847 g/mol. The lowest BCUT2D eigenvalue weighted by molar-refractivity contribution is -0.142. The van der Waals surface area contributed by atoms with E-state index in [0.29, 0.717) is 80.7 Å². The van der Waals surface area contributed by atoms with Crippen molar-refractivity contribution in [1.29, 1.82) is 5.26 Å². The third kappa shape index (κ3) is 10.1. The van der Waals surface area contributed by atoms with Gasteiger partial charge < -0.3 is 35.1 Å². The van der Waals surface area contributed by atoms with Gasteiger partial charge in [0.05, 0.1) is 40.0 Å². The Morgan fingerprint density at radius 3 is 2.22 bits per heavy atom. The minimum absolute atomic E-state index is 0.00153. The number of hydrogen-bond donors (Lipinski definition) is 4. The van der Waals surface area contributed by atoms with Gasteiger partial charge in [-0.1, -0.05) is 77.8 Å². The zero-order valence-electron chi connectivity index (χ0n) is 33.8. The maximum atomic E-state index is 14.2. The van der Waals surface area contributed by atoms with E-state index in [4.69, 9.17) is 42.7 Å². The van der Waals surface area contributed by atoms with Gasteiger partial charge in [0.2, 0.25) is 12.0 Å². The van der Waals surface area contributed by atoms with Crippen molar-refractivity contribution in [1.82, 2.24) is 10.2 Å². The molecular formula is C48H42Cl2N4O9. The zero-order valence-corrected chi connectivity index (χ0v) is 35.3. The molecule has 3 atom stereocenters. The lowest BCUT2D eigenvalue weighted by Crippen LogP contribution is -2.56. The van der Waals surface area contributed by atoms with Crippen molar-refractivity contribution in [2.45, 2.75) is 82.1 Å². The summed E-state index contributed by atoms with van der Waals surface area (Å²) in [4.78, 5) is 55.4. The fourth-order valence-electron chi connectivity index (χ4n) is 8.02. The van der Waals surface area contributed by atoms with E-state index in [1.165, 1.54) is 4.90 Å². The lowest BCUT2D eigenvalue weighted by Gasteiger charge is -2.38. The molecule has 1 aliphatic carbocycles. The molecule has 15 heteroatoms. The molecule has 0 spiro atoms. The molecule has 1 unspecified atom stereocenters. The average molecular weight is 890 g/mol. The average Bonchev–Trinajstić information content (AvgIpc) is 3.29. The quantitative estimate of drug-likeness (QED) is 0.101. The number of carbonyl (C=O) groups excluding carboxylic acids is 3. The second-order valence-corrected chi connectivity index (χ2v) is 16.7. The number of aliphatic hydroxyl groups excluding tert-OH is 1. The number of nitriles is 1. The summed E-state index contributed by atoms with van der Waals surface area (Å²) in [5.74, 6) is -1.41. The largest absolute Gasteiger partial charge is 0.489 e. The van der Waals surface area contributed by atoms with Crippen LogP contribution in [0.25, 0.3) is 11.1 Å². The van der Waals surface area contributed by atoms with Gasteiger partial charge in [-0.2, -0.15) is 5.26 Å². The van der Waals surface area contributed by atoms with Crippen LogP contribution in [0.15, 0.2) is 103 Å². The summed E-state index contributed by atoms with van der Waals surface area (Å²) in [5.41, 5.74) is 6.08. The van der Waals surface area contributed by atoms with Gasteiger partial charge in [0, 0.05) is 18.4 Å². The van der Waals surface area contributed by atoms with Crippen LogP contribution in [0, 0.1) is 11.3 Å². The monoisotopic (exact) mass is 888 g/mol. The van der Waals surface area contributed by atoms with Crippen molar-refractivity contribution in [3.8, 4) is 28.7 Å². The van der Waals surface area contributed by atoms with Crippen molar-refractivity contribution in [2.75, 3.05) is 5.32 Å². The number of aliphatic hydroxyl groups is 1. The fraction of sp³-hybridized carbons (Fsp3) is 0.271. The molecule has 322 valence electrons. The SMILES string of the molecule is N#Cc1ccc(-c2ccc(C[C@H](NC(=O)C3Cc4cc5c(cc4CN3C(=O)OC3CCC(O)CC3)O[C@@H](c3ccc(OCc4ccc(Cl)c(Cl)c4)cc3)C(=O)N5)C(=O)O)cc2)cc1. The van der Waals surface area contributed by atoms with E-state index in [2.05, 4.69) is 16.7 Å². The summed E-state index contributed by atoms with van der Waals surface area (Å²) >= 11 is 12.2. The summed E-state index contributed by atoms with van der Waals surface area (Å²) in [5, 5.41) is 35.9. The Morgan fingerprint density at radius 2 is 1.56 bits per heavy atom. The number of aliphatic carboxylic acids is 1. The molecule has 2 aliphatic heterocycles. The number of rotatable bonds is 11. The number of carboxylic acids is 1. The minimum atomic E-state index is -1.33. The highest BCUT2D eigenvalue weighted by Gasteiger charge is 2.40. The summed E-state index contributed by atoms with van der Waals surface area (Å²) in [6, 6.07) is 29.6.